The topological polar surface area (TPSA) is 47.6 Å². The third-order valence-corrected chi connectivity index (χ3v) is 3.29. The molecule has 5 heteroatoms. The number of hydrogen-bond acceptors (Lipinski definition) is 3. The Hall–Kier alpha value is -1.36. The summed E-state index contributed by atoms with van der Waals surface area (Å²) in [5, 5.41) is 0. The lowest BCUT2D eigenvalue weighted by atomic mass is 10.3. The Morgan fingerprint density at radius 2 is 1.87 bits per heavy atom. The summed E-state index contributed by atoms with van der Waals surface area (Å²) in [6.07, 6.45) is 1.50. The fourth-order valence-electron chi connectivity index (χ4n) is 1.01. The van der Waals surface area contributed by atoms with Gasteiger partial charge in [0.2, 0.25) is 0 Å². The van der Waals surface area contributed by atoms with Crippen molar-refractivity contribution in [3.05, 3.63) is 24.3 Å². The van der Waals surface area contributed by atoms with Crippen LogP contribution in [0, 0.1) is 0 Å². The van der Waals surface area contributed by atoms with Crippen LogP contribution in [-0.2, 0) is 15.8 Å². The van der Waals surface area contributed by atoms with Crippen LogP contribution in [0.5, 0.6) is 5.75 Å². The first kappa shape index (κ1) is 11.7. The molecule has 82 valence electrons. The third-order valence-electron chi connectivity index (χ3n) is 1.83. The smallest absolute Gasteiger partial charge is 0.449 e. The summed E-state index contributed by atoms with van der Waals surface area (Å²) >= 11 is -0.354. The van der Waals surface area contributed by atoms with Gasteiger partial charge in [0.1, 0.15) is 23.1 Å². The predicted molar refractivity (Wildman–Crippen MR) is 60.1 cm³/mol. The average Bonchev–Trinajstić information content (AvgIpc) is 2.29. The first-order chi connectivity index (χ1) is 7.17. The lowest BCUT2D eigenvalue weighted by molar-refractivity contribution is 0.178. The normalized spacial score (nSPS) is 11.7. The van der Waals surface area contributed by atoms with E-state index in [2.05, 4.69) is 9.46 Å². The highest BCUT2D eigenvalue weighted by molar-refractivity contribution is 7.94. The molecule has 1 atom stereocenters. The molecule has 0 bridgehead atoms. The maximum absolute atomic E-state index is 11.0. The van der Waals surface area contributed by atoms with Gasteiger partial charge >= 0.3 is 6.09 Å². The zero-order valence-corrected chi connectivity index (χ0v) is 9.76. The third kappa shape index (κ3) is 3.36. The van der Waals surface area contributed by atoms with Crippen LogP contribution in [0.25, 0.3) is 0 Å². The first-order valence-electron chi connectivity index (χ1n) is 4.32. The highest BCUT2D eigenvalue weighted by Crippen LogP contribution is 2.15. The van der Waals surface area contributed by atoms with Crippen LogP contribution in [0.1, 0.15) is 0 Å². The molecule has 0 fully saturated rings. The van der Waals surface area contributed by atoms with Crippen molar-refractivity contribution in [3.63, 3.8) is 0 Å². The lowest BCUT2D eigenvalue weighted by Gasteiger charge is -2.03. The molecule has 0 saturated carbocycles. The number of carbonyl (C=O) groups excluding carboxylic acids is 1. The zero-order valence-electron chi connectivity index (χ0n) is 8.94. The van der Waals surface area contributed by atoms with Crippen molar-refractivity contribution in [1.29, 1.82) is 0 Å². The molecule has 1 rings (SSSR count). The number of hydrogen-bond donors (Lipinski definition) is 1. The summed E-state index contributed by atoms with van der Waals surface area (Å²) in [4.78, 5) is 12.0. The molecule has 0 aliphatic carbocycles. The van der Waals surface area contributed by atoms with Crippen molar-refractivity contribution in [1.82, 2.24) is 4.72 Å². The van der Waals surface area contributed by atoms with Gasteiger partial charge in [-0.3, -0.25) is 0 Å². The van der Waals surface area contributed by atoms with E-state index in [1.54, 1.807) is 7.11 Å². The molecule has 0 radical (unpaired) electrons. The van der Waals surface area contributed by atoms with Gasteiger partial charge in [0.05, 0.1) is 14.2 Å². The minimum absolute atomic E-state index is 0.354. The van der Waals surface area contributed by atoms with Gasteiger partial charge in [0, 0.05) is 0 Å². The predicted octanol–water partition coefficient (Wildman–Crippen LogP) is 1.57. The Morgan fingerprint density at radius 1 is 1.27 bits per heavy atom. The molecule has 15 heavy (non-hydrogen) atoms. The van der Waals surface area contributed by atoms with Crippen molar-refractivity contribution in [2.45, 2.75) is 4.90 Å². The molecule has 1 amide bonds. The minimum Gasteiger partial charge on any atom is -0.497 e. The summed E-state index contributed by atoms with van der Waals surface area (Å²) < 4.78 is 12.3. The highest BCUT2D eigenvalue weighted by Gasteiger charge is 2.19. The number of carbonyl (C=O) groups is 1. The SMILES string of the molecule is COC(=O)N[S+](C)c1ccc(OC)cc1. The van der Waals surface area contributed by atoms with Gasteiger partial charge in [-0.2, -0.15) is 0 Å². The van der Waals surface area contributed by atoms with Gasteiger partial charge in [-0.25, -0.2) is 4.79 Å². The van der Waals surface area contributed by atoms with Crippen LogP contribution in [0.2, 0.25) is 0 Å². The second-order valence-corrected chi connectivity index (χ2v) is 4.48. The molecule has 1 aromatic carbocycles. The average molecular weight is 228 g/mol. The van der Waals surface area contributed by atoms with Gasteiger partial charge in [0.25, 0.3) is 0 Å². The van der Waals surface area contributed by atoms with Crippen molar-refractivity contribution in [3.8, 4) is 5.75 Å². The lowest BCUT2D eigenvalue weighted by Crippen LogP contribution is -2.29. The summed E-state index contributed by atoms with van der Waals surface area (Å²) in [5.74, 6) is 0.800. The molecule has 0 spiro atoms. The number of nitrogens with one attached hydrogen (secondary N) is 1. The molecule has 0 aliphatic rings. The van der Waals surface area contributed by atoms with Crippen molar-refractivity contribution in [2.75, 3.05) is 20.5 Å². The molecular formula is C10H14NO3S+. The van der Waals surface area contributed by atoms with E-state index in [0.717, 1.165) is 10.6 Å². The van der Waals surface area contributed by atoms with Crippen molar-refractivity contribution >= 4 is 17.2 Å². The Kier molecular flexibility index (Phi) is 4.30. The maximum atomic E-state index is 11.0. The molecule has 1 aromatic rings. The van der Waals surface area contributed by atoms with Gasteiger partial charge < -0.3 is 9.47 Å². The highest BCUT2D eigenvalue weighted by atomic mass is 32.2. The van der Waals surface area contributed by atoms with E-state index in [4.69, 9.17) is 4.74 Å². The fourth-order valence-corrected chi connectivity index (χ4v) is 2.00. The van der Waals surface area contributed by atoms with Crippen LogP contribution in [0.15, 0.2) is 29.2 Å². The van der Waals surface area contributed by atoms with Gasteiger partial charge in [-0.15, -0.1) is 4.72 Å². The maximum Gasteiger partial charge on any atom is 0.449 e. The van der Waals surface area contributed by atoms with E-state index in [0.29, 0.717) is 0 Å². The van der Waals surface area contributed by atoms with Crippen LogP contribution in [0.3, 0.4) is 0 Å². The Balaban J connectivity index is 2.65. The van der Waals surface area contributed by atoms with E-state index in [9.17, 15) is 4.79 Å². The summed E-state index contributed by atoms with van der Waals surface area (Å²) in [7, 11) is 2.97. The molecule has 4 nitrogen and oxygen atoms in total. The monoisotopic (exact) mass is 228 g/mol. The van der Waals surface area contributed by atoms with Crippen LogP contribution in [0.4, 0.5) is 4.79 Å². The minimum atomic E-state index is -0.420. The summed E-state index contributed by atoms with van der Waals surface area (Å²) in [6, 6.07) is 7.55. The van der Waals surface area contributed by atoms with E-state index < -0.39 is 6.09 Å². The molecule has 0 saturated heterocycles. The number of methoxy groups -OCH3 is 2. The summed E-state index contributed by atoms with van der Waals surface area (Å²) in [6.45, 7) is 0. The van der Waals surface area contributed by atoms with E-state index in [1.807, 2.05) is 30.5 Å². The van der Waals surface area contributed by atoms with Crippen LogP contribution in [-0.4, -0.2) is 26.6 Å². The second-order valence-electron chi connectivity index (χ2n) is 2.78. The van der Waals surface area contributed by atoms with Crippen molar-refractivity contribution < 1.29 is 14.3 Å². The molecule has 0 aromatic heterocycles. The standard InChI is InChI=1S/C10H13NO3S/c1-13-8-4-6-9(7-5-8)15(3)11-10(12)14-2/h4-7H,1-3H3/p+1. The van der Waals surface area contributed by atoms with E-state index in [-0.39, 0.29) is 11.1 Å². The van der Waals surface area contributed by atoms with Crippen LogP contribution >= 0.6 is 0 Å². The van der Waals surface area contributed by atoms with E-state index in [1.165, 1.54) is 7.11 Å². The Bertz CT molecular complexity index is 326. The van der Waals surface area contributed by atoms with Crippen molar-refractivity contribution in [2.24, 2.45) is 0 Å². The Morgan fingerprint density at radius 3 is 2.33 bits per heavy atom. The number of benzene rings is 1. The molecule has 1 N–H and O–H groups in total. The number of amides is 1. The Labute approximate surface area is 92.1 Å². The largest absolute Gasteiger partial charge is 0.497 e. The number of ether oxygens (including phenoxy) is 2. The number of rotatable bonds is 3. The van der Waals surface area contributed by atoms with Crippen LogP contribution < -0.4 is 9.46 Å². The van der Waals surface area contributed by atoms with Gasteiger partial charge in [0.15, 0.2) is 4.90 Å². The first-order valence-corrected chi connectivity index (χ1v) is 5.95. The summed E-state index contributed by atoms with van der Waals surface area (Å²) in [5.41, 5.74) is 0. The van der Waals surface area contributed by atoms with E-state index >= 15 is 0 Å². The van der Waals surface area contributed by atoms with Gasteiger partial charge in [-0.1, -0.05) is 0 Å². The quantitative estimate of drug-likeness (QED) is 0.799. The zero-order chi connectivity index (χ0) is 11.3. The molecular weight excluding hydrogens is 214 g/mol. The molecule has 1 unspecified atom stereocenters. The molecule has 0 heterocycles. The fraction of sp³-hybridized carbons (Fsp3) is 0.300. The van der Waals surface area contributed by atoms with Gasteiger partial charge in [-0.05, 0) is 24.3 Å². The second kappa shape index (κ2) is 5.50. The molecule has 0 aliphatic heterocycles.